The van der Waals surface area contributed by atoms with E-state index in [4.69, 9.17) is 5.73 Å². The fourth-order valence-corrected chi connectivity index (χ4v) is 3.46. The van der Waals surface area contributed by atoms with Gasteiger partial charge >= 0.3 is 0 Å². The summed E-state index contributed by atoms with van der Waals surface area (Å²) in [6, 6.07) is 0. The molecule has 1 unspecified atom stereocenters. The summed E-state index contributed by atoms with van der Waals surface area (Å²) in [7, 11) is 2.14. The highest BCUT2D eigenvalue weighted by Crippen LogP contribution is 2.38. The Bertz CT molecular complexity index is 311. The second kappa shape index (κ2) is 6.23. The van der Waals surface area contributed by atoms with Crippen LogP contribution >= 0.6 is 0 Å². The number of nitrogens with one attached hydrogen (secondary N) is 1. The van der Waals surface area contributed by atoms with Crippen LogP contribution < -0.4 is 11.1 Å². The lowest BCUT2D eigenvalue weighted by molar-refractivity contribution is -0.133. The number of carbonyl (C=O) groups excluding carboxylic acids is 1. The zero-order valence-electron chi connectivity index (χ0n) is 12.5. The first kappa shape index (κ1) is 14.8. The van der Waals surface area contributed by atoms with Crippen LogP contribution in [0.3, 0.4) is 0 Å². The summed E-state index contributed by atoms with van der Waals surface area (Å²) < 4.78 is 0. The minimum atomic E-state index is -0.281. The molecule has 3 N–H and O–H groups in total. The van der Waals surface area contributed by atoms with Crippen molar-refractivity contribution < 1.29 is 4.79 Å². The molecule has 2 rings (SSSR count). The minimum absolute atomic E-state index is 0.205. The van der Waals surface area contributed by atoms with Crippen molar-refractivity contribution in [3.63, 3.8) is 0 Å². The Morgan fingerprint density at radius 3 is 2.58 bits per heavy atom. The topological polar surface area (TPSA) is 58.4 Å². The SMILES string of the molecule is CC1CCC(CN)(C(=O)NCC2CCN(C)C2)CC1. The van der Waals surface area contributed by atoms with E-state index in [1.165, 1.54) is 6.42 Å². The molecule has 0 radical (unpaired) electrons. The van der Waals surface area contributed by atoms with Gasteiger partial charge in [0.25, 0.3) is 0 Å². The zero-order valence-corrected chi connectivity index (χ0v) is 12.5. The van der Waals surface area contributed by atoms with Gasteiger partial charge in [0, 0.05) is 19.6 Å². The van der Waals surface area contributed by atoms with Crippen LogP contribution in [0.15, 0.2) is 0 Å². The number of likely N-dealkylation sites (tertiary alicyclic amines) is 1. The molecule has 1 saturated carbocycles. The van der Waals surface area contributed by atoms with Gasteiger partial charge in [0.15, 0.2) is 0 Å². The molecule has 110 valence electrons. The Kier molecular flexibility index (Phi) is 4.85. The first-order valence-electron chi connectivity index (χ1n) is 7.72. The highest BCUT2D eigenvalue weighted by Gasteiger charge is 2.39. The molecule has 0 aromatic heterocycles. The average molecular weight is 267 g/mol. The lowest BCUT2D eigenvalue weighted by atomic mass is 9.70. The maximum absolute atomic E-state index is 12.5. The average Bonchev–Trinajstić information content (AvgIpc) is 2.83. The van der Waals surface area contributed by atoms with Crippen molar-refractivity contribution in [2.24, 2.45) is 23.0 Å². The van der Waals surface area contributed by atoms with Gasteiger partial charge in [0.1, 0.15) is 0 Å². The van der Waals surface area contributed by atoms with Crippen molar-refractivity contribution in [2.45, 2.75) is 39.0 Å². The smallest absolute Gasteiger partial charge is 0.227 e. The Morgan fingerprint density at radius 2 is 2.05 bits per heavy atom. The van der Waals surface area contributed by atoms with Gasteiger partial charge in [-0.2, -0.15) is 0 Å². The predicted molar refractivity (Wildman–Crippen MR) is 77.7 cm³/mol. The predicted octanol–water partition coefficient (Wildman–Crippen LogP) is 1.21. The fraction of sp³-hybridized carbons (Fsp3) is 0.933. The van der Waals surface area contributed by atoms with E-state index in [1.807, 2.05) is 0 Å². The second-order valence-electron chi connectivity index (χ2n) is 6.79. The van der Waals surface area contributed by atoms with Crippen molar-refractivity contribution in [1.29, 1.82) is 0 Å². The number of amides is 1. The first-order valence-corrected chi connectivity index (χ1v) is 7.72. The summed E-state index contributed by atoms with van der Waals surface area (Å²) in [5, 5.41) is 3.18. The van der Waals surface area contributed by atoms with Crippen LogP contribution in [0.5, 0.6) is 0 Å². The summed E-state index contributed by atoms with van der Waals surface area (Å²) in [6.07, 6.45) is 5.39. The molecule has 0 spiro atoms. The third kappa shape index (κ3) is 3.48. The van der Waals surface area contributed by atoms with E-state index >= 15 is 0 Å². The lowest BCUT2D eigenvalue weighted by Crippen LogP contribution is -2.49. The van der Waals surface area contributed by atoms with Gasteiger partial charge in [0.2, 0.25) is 5.91 Å². The summed E-state index contributed by atoms with van der Waals surface area (Å²) in [5.41, 5.74) is 5.64. The van der Waals surface area contributed by atoms with Gasteiger partial charge in [-0.05, 0) is 57.5 Å². The molecule has 0 aromatic rings. The quantitative estimate of drug-likeness (QED) is 0.805. The van der Waals surface area contributed by atoms with Crippen LogP contribution in [0.1, 0.15) is 39.0 Å². The monoisotopic (exact) mass is 267 g/mol. The van der Waals surface area contributed by atoms with E-state index in [0.29, 0.717) is 12.5 Å². The van der Waals surface area contributed by atoms with Crippen molar-refractivity contribution in [3.05, 3.63) is 0 Å². The number of nitrogens with two attached hydrogens (primary N) is 1. The largest absolute Gasteiger partial charge is 0.355 e. The molecule has 2 aliphatic rings. The maximum atomic E-state index is 12.5. The van der Waals surface area contributed by atoms with E-state index in [-0.39, 0.29) is 11.3 Å². The third-order valence-corrected chi connectivity index (χ3v) is 5.14. The zero-order chi connectivity index (χ0) is 13.9. The van der Waals surface area contributed by atoms with E-state index in [2.05, 4.69) is 24.2 Å². The Hall–Kier alpha value is -0.610. The van der Waals surface area contributed by atoms with Gasteiger partial charge in [-0.3, -0.25) is 4.79 Å². The molecule has 4 heteroatoms. The second-order valence-corrected chi connectivity index (χ2v) is 6.79. The van der Waals surface area contributed by atoms with Crippen molar-refractivity contribution in [1.82, 2.24) is 10.2 Å². The Balaban J connectivity index is 1.83. The Labute approximate surface area is 117 Å². The molecule has 0 aromatic carbocycles. The first-order chi connectivity index (χ1) is 9.05. The van der Waals surface area contributed by atoms with Crippen LogP contribution in [0.25, 0.3) is 0 Å². The lowest BCUT2D eigenvalue weighted by Gasteiger charge is -2.37. The van der Waals surface area contributed by atoms with Crippen LogP contribution in [0.4, 0.5) is 0 Å². The molecule has 19 heavy (non-hydrogen) atoms. The van der Waals surface area contributed by atoms with E-state index in [0.717, 1.165) is 51.2 Å². The summed E-state index contributed by atoms with van der Waals surface area (Å²) in [4.78, 5) is 14.8. The van der Waals surface area contributed by atoms with Crippen molar-refractivity contribution in [2.75, 3.05) is 33.2 Å². The molecule has 1 aliphatic carbocycles. The number of hydrogen-bond acceptors (Lipinski definition) is 3. The van der Waals surface area contributed by atoms with Gasteiger partial charge < -0.3 is 16.0 Å². The van der Waals surface area contributed by atoms with Gasteiger partial charge in [0.05, 0.1) is 5.41 Å². The van der Waals surface area contributed by atoms with Gasteiger partial charge in [-0.25, -0.2) is 0 Å². The highest BCUT2D eigenvalue weighted by molar-refractivity contribution is 5.83. The molecule has 1 atom stereocenters. The van der Waals surface area contributed by atoms with Crippen LogP contribution in [-0.4, -0.2) is 44.0 Å². The van der Waals surface area contributed by atoms with E-state index in [9.17, 15) is 4.79 Å². The molecule has 1 amide bonds. The summed E-state index contributed by atoms with van der Waals surface area (Å²) in [5.74, 6) is 1.57. The normalized spacial score (nSPS) is 36.4. The van der Waals surface area contributed by atoms with E-state index in [1.54, 1.807) is 0 Å². The molecule has 4 nitrogen and oxygen atoms in total. The van der Waals surface area contributed by atoms with Crippen molar-refractivity contribution >= 4 is 5.91 Å². The minimum Gasteiger partial charge on any atom is -0.355 e. The summed E-state index contributed by atoms with van der Waals surface area (Å²) in [6.45, 7) is 5.84. The molecular formula is C15H29N3O. The molecule has 0 bridgehead atoms. The molecule has 1 heterocycles. The fourth-order valence-electron chi connectivity index (χ4n) is 3.46. The molecular weight excluding hydrogens is 238 g/mol. The van der Waals surface area contributed by atoms with Crippen LogP contribution in [0, 0.1) is 17.3 Å². The van der Waals surface area contributed by atoms with Gasteiger partial charge in [-0.15, -0.1) is 0 Å². The number of carbonyl (C=O) groups is 1. The van der Waals surface area contributed by atoms with Crippen molar-refractivity contribution in [3.8, 4) is 0 Å². The van der Waals surface area contributed by atoms with E-state index < -0.39 is 0 Å². The summed E-state index contributed by atoms with van der Waals surface area (Å²) >= 11 is 0. The number of hydrogen-bond donors (Lipinski definition) is 2. The van der Waals surface area contributed by atoms with Crippen LogP contribution in [-0.2, 0) is 4.79 Å². The molecule has 2 fully saturated rings. The number of nitrogens with zero attached hydrogens (tertiary/aromatic N) is 1. The third-order valence-electron chi connectivity index (χ3n) is 5.14. The molecule has 1 saturated heterocycles. The van der Waals surface area contributed by atoms with Gasteiger partial charge in [-0.1, -0.05) is 6.92 Å². The Morgan fingerprint density at radius 1 is 1.37 bits per heavy atom. The van der Waals surface area contributed by atoms with Crippen LogP contribution in [0.2, 0.25) is 0 Å². The number of rotatable bonds is 4. The highest BCUT2D eigenvalue weighted by atomic mass is 16.2. The maximum Gasteiger partial charge on any atom is 0.227 e. The standard InChI is InChI=1S/C15H29N3O/c1-12-3-6-15(11-16,7-4-12)14(19)17-9-13-5-8-18(2)10-13/h12-13H,3-11,16H2,1-2H3,(H,17,19). The molecule has 1 aliphatic heterocycles.